The number of furan rings is 1. The molecule has 0 saturated carbocycles. The van der Waals surface area contributed by atoms with Crippen LogP contribution in [-0.4, -0.2) is 9.97 Å². The van der Waals surface area contributed by atoms with Crippen molar-refractivity contribution in [3.8, 4) is 33.6 Å². The maximum atomic E-state index is 6.52. The number of nitrogens with zero attached hydrogens (tertiary/aromatic N) is 2. The van der Waals surface area contributed by atoms with Gasteiger partial charge < -0.3 is 14.4 Å². The smallest absolute Gasteiger partial charge is 0.121 e. The Balaban J connectivity index is 0.000000244. The zero-order valence-corrected chi connectivity index (χ0v) is 34.8. The van der Waals surface area contributed by atoms with Crippen LogP contribution in [0.15, 0.2) is 89.6 Å². The fourth-order valence-electron chi connectivity index (χ4n) is 6.85. The van der Waals surface area contributed by atoms with E-state index in [2.05, 4.69) is 147 Å². The molecule has 4 aromatic carbocycles. The molecule has 0 spiro atoms. The van der Waals surface area contributed by atoms with Gasteiger partial charge in [0.1, 0.15) is 5.58 Å². The Hall–Kier alpha value is -4.41. The van der Waals surface area contributed by atoms with Gasteiger partial charge in [0.25, 0.3) is 0 Å². The van der Waals surface area contributed by atoms with Gasteiger partial charge in [-0.3, -0.25) is 0 Å². The molecule has 5 heteroatoms. The molecule has 8 aromatic rings. The van der Waals surface area contributed by atoms with Gasteiger partial charge in [0.15, 0.2) is 0 Å². The van der Waals surface area contributed by atoms with E-state index in [4.69, 9.17) is 9.40 Å². The average Bonchev–Trinajstić information content (AvgIpc) is 3.60. The average molecular weight is 877 g/mol. The topological polar surface area (TPSA) is 38.9 Å². The number of hydrogen-bond acceptors (Lipinski definition) is 4. The van der Waals surface area contributed by atoms with Crippen LogP contribution in [0.2, 0.25) is 0 Å². The van der Waals surface area contributed by atoms with Crippen LogP contribution in [0, 0.1) is 60.6 Å². The fourth-order valence-corrected chi connectivity index (χ4v) is 7.94. The standard InChI is InChI=1S/C33H30NOS.C14H14N.Ir/c1-18-10-8-11-19(2)31(18)26-17-34-28(16-27(26)33(5,6)7)23-13-9-12-22-25-15-30-24(20(3)21(4)36-30)14-29(25)35-32(22)23;1-10-4-6-13(7-5-10)14-8-11(2)12(3)9-15-14;/h8-12,14-17H,1-7H3;4-6,8-9H,1-3H3;/q2*-1;. The van der Waals surface area contributed by atoms with E-state index >= 15 is 0 Å². The van der Waals surface area contributed by atoms with Gasteiger partial charge in [0, 0.05) is 53.0 Å². The van der Waals surface area contributed by atoms with Gasteiger partial charge in [0.05, 0.1) is 5.58 Å². The zero-order chi connectivity index (χ0) is 36.2. The van der Waals surface area contributed by atoms with E-state index in [9.17, 15) is 0 Å². The van der Waals surface area contributed by atoms with E-state index in [-0.39, 0.29) is 25.5 Å². The van der Waals surface area contributed by atoms with Crippen LogP contribution in [-0.2, 0) is 25.5 Å². The molecule has 0 saturated heterocycles. The van der Waals surface area contributed by atoms with Crippen molar-refractivity contribution < 1.29 is 24.5 Å². The molecule has 0 amide bonds. The number of fused-ring (bicyclic) bond motifs is 4. The van der Waals surface area contributed by atoms with Gasteiger partial charge in [-0.15, -0.1) is 64.9 Å². The van der Waals surface area contributed by atoms with Gasteiger partial charge in [-0.05, 0) is 109 Å². The van der Waals surface area contributed by atoms with Crippen molar-refractivity contribution in [3.05, 3.63) is 141 Å². The molecule has 52 heavy (non-hydrogen) atoms. The van der Waals surface area contributed by atoms with Crippen molar-refractivity contribution in [1.29, 1.82) is 0 Å². The predicted octanol–water partition coefficient (Wildman–Crippen LogP) is 13.3. The molecular weight excluding hydrogens is 833 g/mol. The van der Waals surface area contributed by atoms with Crippen molar-refractivity contribution >= 4 is 43.4 Å². The van der Waals surface area contributed by atoms with E-state index in [0.717, 1.165) is 44.5 Å². The van der Waals surface area contributed by atoms with Crippen molar-refractivity contribution in [1.82, 2.24) is 9.97 Å². The summed E-state index contributed by atoms with van der Waals surface area (Å²) >= 11 is 1.85. The zero-order valence-electron chi connectivity index (χ0n) is 31.6. The maximum absolute atomic E-state index is 6.52. The fraction of sp³-hybridized carbons (Fsp3) is 0.234. The minimum atomic E-state index is -0.0523. The molecule has 0 unspecified atom stereocenters. The molecule has 0 N–H and O–H groups in total. The summed E-state index contributed by atoms with van der Waals surface area (Å²) in [7, 11) is 0. The third-order valence-electron chi connectivity index (χ3n) is 10.1. The Morgan fingerprint density at radius 3 is 2.10 bits per heavy atom. The molecule has 3 nitrogen and oxygen atoms in total. The molecule has 0 atom stereocenters. The van der Waals surface area contributed by atoms with Gasteiger partial charge >= 0.3 is 0 Å². The van der Waals surface area contributed by atoms with Crippen LogP contribution >= 0.6 is 11.3 Å². The number of rotatable bonds is 3. The van der Waals surface area contributed by atoms with E-state index < -0.39 is 0 Å². The van der Waals surface area contributed by atoms with Crippen molar-refractivity contribution in [2.45, 2.75) is 74.7 Å². The Labute approximate surface area is 325 Å². The molecule has 0 aliphatic rings. The number of hydrogen-bond donors (Lipinski definition) is 0. The normalized spacial score (nSPS) is 11.5. The molecule has 0 bridgehead atoms. The summed E-state index contributed by atoms with van der Waals surface area (Å²) in [6, 6.07) is 32.3. The third kappa shape index (κ3) is 7.03. The number of pyridine rings is 2. The number of benzene rings is 4. The predicted molar refractivity (Wildman–Crippen MR) is 217 cm³/mol. The summed E-state index contributed by atoms with van der Waals surface area (Å²) in [6.45, 7) is 21.8. The Morgan fingerprint density at radius 2 is 1.42 bits per heavy atom. The largest absolute Gasteiger partial charge is 0.501 e. The summed E-state index contributed by atoms with van der Waals surface area (Å²) in [5, 5.41) is 3.54. The van der Waals surface area contributed by atoms with Crippen LogP contribution in [0.25, 0.3) is 65.7 Å². The molecule has 4 heterocycles. The summed E-state index contributed by atoms with van der Waals surface area (Å²) in [4.78, 5) is 10.8. The van der Waals surface area contributed by atoms with E-state index in [0.29, 0.717) is 0 Å². The molecular formula is C47H44IrN2OS-2. The summed E-state index contributed by atoms with van der Waals surface area (Å²) in [5.41, 5.74) is 16.9. The first-order valence-electron chi connectivity index (χ1n) is 17.6. The molecule has 4 aromatic heterocycles. The Bertz CT molecular complexity index is 2560. The molecule has 0 aliphatic carbocycles. The second kappa shape index (κ2) is 14.5. The van der Waals surface area contributed by atoms with E-state index in [1.807, 2.05) is 35.9 Å². The monoisotopic (exact) mass is 877 g/mol. The number of thiophene rings is 1. The second-order valence-electron chi connectivity index (χ2n) is 14.9. The first-order valence-corrected chi connectivity index (χ1v) is 18.4. The van der Waals surface area contributed by atoms with Crippen LogP contribution in [0.1, 0.15) is 64.6 Å². The van der Waals surface area contributed by atoms with Gasteiger partial charge in [-0.2, -0.15) is 0 Å². The van der Waals surface area contributed by atoms with Crippen molar-refractivity contribution in [3.63, 3.8) is 0 Å². The van der Waals surface area contributed by atoms with Crippen LogP contribution < -0.4 is 0 Å². The molecule has 8 rings (SSSR count). The Morgan fingerprint density at radius 1 is 0.692 bits per heavy atom. The Kier molecular flexibility index (Phi) is 10.4. The number of aromatic nitrogens is 2. The van der Waals surface area contributed by atoms with Gasteiger partial charge in [-0.25, -0.2) is 0 Å². The van der Waals surface area contributed by atoms with Gasteiger partial charge in [-0.1, -0.05) is 74.5 Å². The summed E-state index contributed by atoms with van der Waals surface area (Å²) in [5.74, 6) is 0. The van der Waals surface area contributed by atoms with Crippen molar-refractivity contribution in [2.24, 2.45) is 0 Å². The van der Waals surface area contributed by atoms with Crippen LogP contribution in [0.5, 0.6) is 0 Å². The third-order valence-corrected chi connectivity index (χ3v) is 11.2. The minimum absolute atomic E-state index is 0. The SMILES string of the molecule is Cc1c[c-]c(-c2cc(C)c(C)cn2)cc1.Cc1cccc(C)c1-c1cnc(-c2[c-]ccc3c2oc2cc4c(C)c(C)sc4cc23)cc1C(C)(C)C.[Ir]. The molecule has 1 radical (unpaired) electrons. The first-order chi connectivity index (χ1) is 24.3. The molecule has 265 valence electrons. The molecule has 0 aliphatic heterocycles. The van der Waals surface area contributed by atoms with Crippen LogP contribution in [0.4, 0.5) is 0 Å². The van der Waals surface area contributed by atoms with E-state index in [1.165, 1.54) is 65.0 Å². The minimum Gasteiger partial charge on any atom is -0.501 e. The first kappa shape index (κ1) is 37.3. The van der Waals surface area contributed by atoms with Crippen LogP contribution in [0.3, 0.4) is 0 Å². The molecule has 0 fully saturated rings. The summed E-state index contributed by atoms with van der Waals surface area (Å²) in [6.07, 6.45) is 3.96. The quantitative estimate of drug-likeness (QED) is 0.166. The van der Waals surface area contributed by atoms with Crippen molar-refractivity contribution in [2.75, 3.05) is 0 Å². The van der Waals surface area contributed by atoms with E-state index in [1.54, 1.807) is 0 Å². The van der Waals surface area contributed by atoms with Gasteiger partial charge in [0.2, 0.25) is 0 Å². The maximum Gasteiger partial charge on any atom is 0.121 e. The number of aryl methyl sites for hydroxylation is 7. The summed E-state index contributed by atoms with van der Waals surface area (Å²) < 4.78 is 7.83. The second-order valence-corrected chi connectivity index (χ2v) is 16.1.